The number of ether oxygens (including phenoxy) is 2. The predicted molar refractivity (Wildman–Crippen MR) is 154 cm³/mol. The first-order valence-corrected chi connectivity index (χ1v) is 15.0. The number of hydrogen-bond donors (Lipinski definition) is 2. The number of rotatable bonds is 7. The van der Waals surface area contributed by atoms with E-state index in [2.05, 4.69) is 30.2 Å². The van der Waals surface area contributed by atoms with E-state index in [4.69, 9.17) is 9.47 Å². The highest BCUT2D eigenvalue weighted by Gasteiger charge is 2.38. The van der Waals surface area contributed by atoms with Crippen molar-refractivity contribution in [2.45, 2.75) is 64.3 Å². The van der Waals surface area contributed by atoms with E-state index in [1.165, 1.54) is 38.1 Å². The van der Waals surface area contributed by atoms with E-state index in [0.717, 1.165) is 25.3 Å². The first-order valence-electron chi connectivity index (χ1n) is 13.1. The highest BCUT2D eigenvalue weighted by Crippen LogP contribution is 2.35. The first kappa shape index (κ1) is 34.8. The van der Waals surface area contributed by atoms with E-state index in [1.807, 2.05) is 0 Å². The van der Waals surface area contributed by atoms with Crippen molar-refractivity contribution in [3.8, 4) is 11.6 Å². The summed E-state index contributed by atoms with van der Waals surface area (Å²) >= 11 is 0. The van der Waals surface area contributed by atoms with Gasteiger partial charge < -0.3 is 20.1 Å². The molecule has 17 heteroatoms. The van der Waals surface area contributed by atoms with E-state index in [-0.39, 0.29) is 22.0 Å². The number of aryl methyl sites for hydroxylation is 1. The molecule has 3 rings (SSSR count). The van der Waals surface area contributed by atoms with Gasteiger partial charge in [0.25, 0.3) is 17.7 Å². The van der Waals surface area contributed by atoms with Gasteiger partial charge in [0, 0.05) is 16.8 Å². The van der Waals surface area contributed by atoms with Gasteiger partial charge in [0.15, 0.2) is 11.4 Å². The van der Waals surface area contributed by atoms with Crippen molar-refractivity contribution in [1.29, 1.82) is 0 Å². The molecule has 0 aliphatic rings. The van der Waals surface area contributed by atoms with Crippen molar-refractivity contribution in [3.05, 3.63) is 64.9 Å². The molecule has 0 saturated heterocycles. The fourth-order valence-corrected chi connectivity index (χ4v) is 4.97. The van der Waals surface area contributed by atoms with E-state index in [9.17, 15) is 36.2 Å². The summed E-state index contributed by atoms with van der Waals surface area (Å²) in [5.74, 6) is -3.56. The molecule has 1 aromatic carbocycles. The van der Waals surface area contributed by atoms with Crippen LogP contribution in [0.25, 0.3) is 0 Å². The normalized spacial score (nSPS) is 13.7. The molecule has 12 nitrogen and oxygen atoms in total. The zero-order valence-corrected chi connectivity index (χ0v) is 26.0. The SMILES string of the molecule is Cc1nc(F)ccc1Oc1nnc(C(F)(F)F)c(C)c1C(=O)Nc1cccc([S@@](C)(=O)=NC(=O)[C@@H](C)NC(=O)OC(C)(C)C)c1. The van der Waals surface area contributed by atoms with E-state index < -0.39 is 74.1 Å². The van der Waals surface area contributed by atoms with Gasteiger partial charge >= 0.3 is 12.3 Å². The Bertz CT molecular complexity index is 1770. The maximum atomic E-state index is 13.6. The van der Waals surface area contributed by atoms with Crippen LogP contribution in [0.1, 0.15) is 55.0 Å². The number of carbonyl (C=O) groups excluding carboxylic acids is 3. The third-order valence-electron chi connectivity index (χ3n) is 5.79. The van der Waals surface area contributed by atoms with Crippen LogP contribution in [-0.2, 0) is 25.4 Å². The molecule has 0 aliphatic carbocycles. The van der Waals surface area contributed by atoms with Gasteiger partial charge in [-0.05, 0) is 77.4 Å². The number of anilines is 1. The Labute approximate surface area is 256 Å². The third-order valence-corrected chi connectivity index (χ3v) is 7.44. The summed E-state index contributed by atoms with van der Waals surface area (Å²) in [4.78, 5) is 41.6. The largest absolute Gasteiger partial charge is 0.444 e. The number of halogens is 4. The molecule has 0 unspecified atom stereocenters. The molecular formula is C28H30F4N6O6S. The Morgan fingerprint density at radius 2 is 1.71 bits per heavy atom. The average molecular weight is 655 g/mol. The maximum absolute atomic E-state index is 13.6. The summed E-state index contributed by atoms with van der Waals surface area (Å²) in [7, 11) is -3.44. The zero-order valence-electron chi connectivity index (χ0n) is 25.2. The summed E-state index contributed by atoms with van der Waals surface area (Å²) in [6, 6.07) is 6.22. The van der Waals surface area contributed by atoms with Gasteiger partial charge in [-0.15, -0.1) is 10.2 Å². The molecule has 2 heterocycles. The van der Waals surface area contributed by atoms with Crippen molar-refractivity contribution in [1.82, 2.24) is 20.5 Å². The van der Waals surface area contributed by atoms with E-state index in [0.29, 0.717) is 0 Å². The first-order chi connectivity index (χ1) is 20.7. The summed E-state index contributed by atoms with van der Waals surface area (Å²) in [6.45, 7) is 8.60. The lowest BCUT2D eigenvalue weighted by Crippen LogP contribution is -2.41. The second kappa shape index (κ2) is 13.1. The van der Waals surface area contributed by atoms with Gasteiger partial charge in [0.1, 0.15) is 17.2 Å². The molecule has 2 aromatic heterocycles. The van der Waals surface area contributed by atoms with Crippen molar-refractivity contribution < 1.29 is 45.6 Å². The number of alkyl carbamates (subject to hydrolysis) is 1. The van der Waals surface area contributed by atoms with E-state index >= 15 is 0 Å². The van der Waals surface area contributed by atoms with Crippen LogP contribution < -0.4 is 15.4 Å². The van der Waals surface area contributed by atoms with Crippen LogP contribution in [0.15, 0.2) is 45.7 Å². The van der Waals surface area contributed by atoms with Crippen LogP contribution in [0.5, 0.6) is 11.6 Å². The van der Waals surface area contributed by atoms with Crippen LogP contribution in [0.3, 0.4) is 0 Å². The van der Waals surface area contributed by atoms with Crippen LogP contribution >= 0.6 is 0 Å². The van der Waals surface area contributed by atoms with Gasteiger partial charge in [-0.2, -0.15) is 21.9 Å². The van der Waals surface area contributed by atoms with Crippen molar-refractivity contribution in [2.75, 3.05) is 11.6 Å². The molecule has 45 heavy (non-hydrogen) atoms. The maximum Gasteiger partial charge on any atom is 0.435 e. The van der Waals surface area contributed by atoms with Gasteiger partial charge in [0.05, 0.1) is 15.4 Å². The molecule has 3 amide bonds. The molecule has 0 spiro atoms. The lowest BCUT2D eigenvalue weighted by Gasteiger charge is -2.21. The number of amides is 3. The van der Waals surface area contributed by atoms with Gasteiger partial charge in [0.2, 0.25) is 5.95 Å². The van der Waals surface area contributed by atoms with Gasteiger partial charge in [-0.25, -0.2) is 14.0 Å². The lowest BCUT2D eigenvalue weighted by atomic mass is 10.1. The molecular weight excluding hydrogens is 624 g/mol. The van der Waals surface area contributed by atoms with Crippen LogP contribution in [-0.4, -0.2) is 55.2 Å². The van der Waals surface area contributed by atoms with Crippen molar-refractivity contribution in [3.63, 3.8) is 0 Å². The molecule has 242 valence electrons. The molecule has 0 aliphatic heterocycles. The van der Waals surface area contributed by atoms with Crippen molar-refractivity contribution >= 4 is 33.3 Å². The summed E-state index contributed by atoms with van der Waals surface area (Å²) in [5.41, 5.74) is -3.50. The Morgan fingerprint density at radius 1 is 1.04 bits per heavy atom. The molecule has 2 atom stereocenters. The summed E-state index contributed by atoms with van der Waals surface area (Å²) in [5, 5.41) is 11.3. The number of alkyl halides is 3. The molecule has 2 N–H and O–H groups in total. The predicted octanol–water partition coefficient (Wildman–Crippen LogP) is 5.59. The van der Waals surface area contributed by atoms with Crippen LogP contribution in [0.2, 0.25) is 0 Å². The Balaban J connectivity index is 1.94. The zero-order chi connectivity index (χ0) is 33.9. The summed E-state index contributed by atoms with van der Waals surface area (Å²) < 4.78 is 82.2. The number of pyridine rings is 1. The topological polar surface area (TPSA) is 162 Å². The minimum Gasteiger partial charge on any atom is -0.444 e. The second-order valence-corrected chi connectivity index (χ2v) is 13.0. The number of nitrogens with one attached hydrogen (secondary N) is 2. The third kappa shape index (κ3) is 9.17. The highest BCUT2D eigenvalue weighted by atomic mass is 32.2. The highest BCUT2D eigenvalue weighted by molar-refractivity contribution is 7.93. The second-order valence-electron chi connectivity index (χ2n) is 10.8. The smallest absolute Gasteiger partial charge is 0.435 e. The average Bonchev–Trinajstić information content (AvgIpc) is 2.88. The van der Waals surface area contributed by atoms with Crippen molar-refractivity contribution in [2.24, 2.45) is 4.36 Å². The molecule has 0 radical (unpaired) electrons. The number of hydrogen-bond acceptors (Lipinski definition) is 9. The fourth-order valence-electron chi connectivity index (χ4n) is 3.69. The Morgan fingerprint density at radius 3 is 2.31 bits per heavy atom. The van der Waals surface area contributed by atoms with Crippen LogP contribution in [0.4, 0.5) is 28.0 Å². The standard InChI is InChI=1S/C28H30F4N6O6S/c1-14-21(25(37-36-22(14)28(30,31)32)43-19-11-12-20(29)33-15(19)2)24(40)35-17-9-8-10-18(13-17)45(7,42)38-23(39)16(3)34-26(41)44-27(4,5)6/h8-13,16H,1-7H3,(H,34,41)(H,35,40)/t16-,45-/m1/s1. The fraction of sp³-hybridized carbons (Fsp3) is 0.357. The monoisotopic (exact) mass is 654 g/mol. The minimum atomic E-state index is -4.96. The van der Waals surface area contributed by atoms with E-state index in [1.54, 1.807) is 20.8 Å². The Hall–Kier alpha value is -4.67. The summed E-state index contributed by atoms with van der Waals surface area (Å²) in [6.07, 6.45) is -4.69. The van der Waals surface area contributed by atoms with Gasteiger partial charge in [-0.3, -0.25) is 9.59 Å². The molecule has 0 bridgehead atoms. The molecule has 3 aromatic rings. The molecule has 0 saturated carbocycles. The number of carbonyl (C=O) groups is 3. The molecule has 0 fully saturated rings. The van der Waals surface area contributed by atoms with Gasteiger partial charge in [-0.1, -0.05) is 6.07 Å². The van der Waals surface area contributed by atoms with Crippen LogP contribution in [0, 0.1) is 19.8 Å². The quantitative estimate of drug-likeness (QED) is 0.244. The number of benzene rings is 1. The lowest BCUT2D eigenvalue weighted by molar-refractivity contribution is -0.142. The number of aromatic nitrogens is 3. The number of nitrogens with zero attached hydrogens (tertiary/aromatic N) is 4. The Kier molecular flexibility index (Phi) is 10.2. The minimum absolute atomic E-state index is 0.0110.